The highest BCUT2D eigenvalue weighted by atomic mass is 32.2. The van der Waals surface area contributed by atoms with E-state index in [0.29, 0.717) is 11.2 Å². The van der Waals surface area contributed by atoms with Gasteiger partial charge in [-0.05, 0) is 24.1 Å². The Labute approximate surface area is 88.1 Å². The Morgan fingerprint density at radius 1 is 1.50 bits per heavy atom. The third-order valence-corrected chi connectivity index (χ3v) is 4.06. The molecule has 76 valence electrons. The number of nitrogens with one attached hydrogen (secondary N) is 1. The van der Waals surface area contributed by atoms with Crippen molar-refractivity contribution in [2.75, 3.05) is 11.9 Å². The maximum absolute atomic E-state index is 13.0. The predicted octanol–water partition coefficient (Wildman–Crippen LogP) is 3.37. The molecular weight excluding hydrogens is 197 g/mol. The van der Waals surface area contributed by atoms with Gasteiger partial charge < -0.3 is 5.32 Å². The number of anilines is 1. The van der Waals surface area contributed by atoms with E-state index in [9.17, 15) is 4.39 Å². The van der Waals surface area contributed by atoms with Gasteiger partial charge in [-0.2, -0.15) is 0 Å². The molecule has 14 heavy (non-hydrogen) atoms. The van der Waals surface area contributed by atoms with Gasteiger partial charge in [-0.15, -0.1) is 11.8 Å². The Morgan fingerprint density at radius 2 is 2.29 bits per heavy atom. The summed E-state index contributed by atoms with van der Waals surface area (Å²) in [7, 11) is 0. The van der Waals surface area contributed by atoms with Crippen molar-refractivity contribution in [3.63, 3.8) is 0 Å². The molecule has 1 aliphatic heterocycles. The van der Waals surface area contributed by atoms with Gasteiger partial charge >= 0.3 is 0 Å². The van der Waals surface area contributed by atoms with Crippen LogP contribution in [0, 0.1) is 11.7 Å². The molecule has 0 bridgehead atoms. The van der Waals surface area contributed by atoms with Crippen LogP contribution in [0.25, 0.3) is 0 Å². The van der Waals surface area contributed by atoms with Crippen LogP contribution in [-0.4, -0.2) is 11.8 Å². The molecule has 0 amide bonds. The number of thioether (sulfide) groups is 1. The van der Waals surface area contributed by atoms with Gasteiger partial charge in [-0.25, -0.2) is 4.39 Å². The van der Waals surface area contributed by atoms with E-state index < -0.39 is 0 Å². The van der Waals surface area contributed by atoms with Gasteiger partial charge in [0.25, 0.3) is 0 Å². The standard InChI is InChI=1S/C11H14FNS/c1-7(2)11-6-13-9-4-3-8(12)5-10(9)14-11/h3-5,7,11,13H,6H2,1-2H3. The summed E-state index contributed by atoms with van der Waals surface area (Å²) in [6.45, 7) is 5.37. The fourth-order valence-electron chi connectivity index (χ4n) is 1.53. The molecule has 0 spiro atoms. The summed E-state index contributed by atoms with van der Waals surface area (Å²) in [4.78, 5) is 1.04. The van der Waals surface area contributed by atoms with Gasteiger partial charge in [-0.1, -0.05) is 13.8 Å². The van der Waals surface area contributed by atoms with E-state index in [-0.39, 0.29) is 5.82 Å². The van der Waals surface area contributed by atoms with Gasteiger partial charge in [-0.3, -0.25) is 0 Å². The fourth-order valence-corrected chi connectivity index (χ4v) is 2.74. The molecule has 0 saturated carbocycles. The minimum atomic E-state index is -0.151. The highest BCUT2D eigenvalue weighted by Gasteiger charge is 2.21. The van der Waals surface area contributed by atoms with Crippen molar-refractivity contribution in [2.24, 2.45) is 5.92 Å². The molecule has 1 aromatic carbocycles. The summed E-state index contributed by atoms with van der Waals surface area (Å²) in [5.74, 6) is 0.464. The summed E-state index contributed by atoms with van der Waals surface area (Å²) < 4.78 is 13.0. The first-order valence-corrected chi connectivity index (χ1v) is 5.75. The van der Waals surface area contributed by atoms with Crippen molar-refractivity contribution in [2.45, 2.75) is 24.0 Å². The lowest BCUT2D eigenvalue weighted by atomic mass is 10.1. The number of hydrogen-bond donors (Lipinski definition) is 1. The van der Waals surface area contributed by atoms with Crippen LogP contribution in [0.15, 0.2) is 23.1 Å². The molecule has 1 aliphatic rings. The first-order chi connectivity index (χ1) is 6.66. The maximum atomic E-state index is 13.0. The third-order valence-electron chi connectivity index (χ3n) is 2.46. The Balaban J connectivity index is 2.24. The Hall–Kier alpha value is -0.700. The third kappa shape index (κ3) is 1.87. The zero-order valence-electron chi connectivity index (χ0n) is 8.38. The number of fused-ring (bicyclic) bond motifs is 1. The van der Waals surface area contributed by atoms with E-state index in [1.165, 1.54) is 6.07 Å². The molecule has 0 radical (unpaired) electrons. The van der Waals surface area contributed by atoms with Crippen LogP contribution in [0.3, 0.4) is 0 Å². The number of halogens is 1. The van der Waals surface area contributed by atoms with E-state index in [2.05, 4.69) is 19.2 Å². The van der Waals surface area contributed by atoms with Crippen LogP contribution < -0.4 is 5.32 Å². The van der Waals surface area contributed by atoms with Crippen LogP contribution in [-0.2, 0) is 0 Å². The van der Waals surface area contributed by atoms with Crippen LogP contribution in [0.4, 0.5) is 10.1 Å². The zero-order chi connectivity index (χ0) is 10.1. The maximum Gasteiger partial charge on any atom is 0.124 e. The van der Waals surface area contributed by atoms with Crippen molar-refractivity contribution in [1.29, 1.82) is 0 Å². The minimum Gasteiger partial charge on any atom is -0.383 e. The molecule has 1 aromatic rings. The molecule has 0 fully saturated rings. The van der Waals surface area contributed by atoms with E-state index >= 15 is 0 Å². The van der Waals surface area contributed by atoms with Gasteiger partial charge in [0.05, 0.1) is 0 Å². The minimum absolute atomic E-state index is 0.151. The molecular formula is C11H14FNS. The average Bonchev–Trinajstić information content (AvgIpc) is 2.16. The number of rotatable bonds is 1. The van der Waals surface area contributed by atoms with Crippen LogP contribution >= 0.6 is 11.8 Å². The lowest BCUT2D eigenvalue weighted by Gasteiger charge is -2.28. The Kier molecular flexibility index (Phi) is 2.68. The van der Waals surface area contributed by atoms with Gasteiger partial charge in [0.1, 0.15) is 5.82 Å². The predicted molar refractivity (Wildman–Crippen MR) is 59.4 cm³/mol. The topological polar surface area (TPSA) is 12.0 Å². The molecule has 1 atom stereocenters. The lowest BCUT2D eigenvalue weighted by molar-refractivity contribution is 0.612. The molecule has 1 nitrogen and oxygen atoms in total. The van der Waals surface area contributed by atoms with Crippen LogP contribution in [0.1, 0.15) is 13.8 Å². The molecule has 1 unspecified atom stereocenters. The summed E-state index contributed by atoms with van der Waals surface area (Å²) in [5, 5.41) is 3.88. The SMILES string of the molecule is CC(C)C1CNc2ccc(F)cc2S1. The van der Waals surface area contributed by atoms with Crippen LogP contribution in [0.2, 0.25) is 0 Å². The zero-order valence-corrected chi connectivity index (χ0v) is 9.20. The molecule has 0 aliphatic carbocycles. The molecule has 1 N–H and O–H groups in total. The summed E-state index contributed by atoms with van der Waals surface area (Å²) in [6.07, 6.45) is 0. The number of hydrogen-bond acceptors (Lipinski definition) is 2. The second-order valence-corrected chi connectivity index (χ2v) is 5.20. The highest BCUT2D eigenvalue weighted by molar-refractivity contribution is 8.00. The highest BCUT2D eigenvalue weighted by Crippen LogP contribution is 2.37. The molecule has 2 rings (SSSR count). The molecule has 1 heterocycles. The van der Waals surface area contributed by atoms with Crippen molar-refractivity contribution < 1.29 is 4.39 Å². The van der Waals surface area contributed by atoms with E-state index in [0.717, 1.165) is 17.1 Å². The molecule has 0 aromatic heterocycles. The average molecular weight is 211 g/mol. The second kappa shape index (κ2) is 3.81. The van der Waals surface area contributed by atoms with E-state index in [1.54, 1.807) is 17.8 Å². The lowest BCUT2D eigenvalue weighted by Crippen LogP contribution is -2.25. The quantitative estimate of drug-likeness (QED) is 0.764. The van der Waals surface area contributed by atoms with Gasteiger partial charge in [0.15, 0.2) is 0 Å². The number of benzene rings is 1. The van der Waals surface area contributed by atoms with E-state index in [1.807, 2.05) is 6.07 Å². The summed E-state index contributed by atoms with van der Waals surface area (Å²) >= 11 is 1.78. The normalized spacial score (nSPS) is 20.4. The monoisotopic (exact) mass is 211 g/mol. The first-order valence-electron chi connectivity index (χ1n) is 4.87. The van der Waals surface area contributed by atoms with Crippen LogP contribution in [0.5, 0.6) is 0 Å². The van der Waals surface area contributed by atoms with Gasteiger partial charge in [0.2, 0.25) is 0 Å². The largest absolute Gasteiger partial charge is 0.383 e. The Bertz CT molecular complexity index is 338. The van der Waals surface area contributed by atoms with Crippen molar-refractivity contribution in [1.82, 2.24) is 0 Å². The van der Waals surface area contributed by atoms with E-state index in [4.69, 9.17) is 0 Å². The van der Waals surface area contributed by atoms with Crippen molar-refractivity contribution in [3.05, 3.63) is 24.0 Å². The molecule has 3 heteroatoms. The van der Waals surface area contributed by atoms with Gasteiger partial charge in [0, 0.05) is 22.4 Å². The summed E-state index contributed by atoms with van der Waals surface area (Å²) in [6, 6.07) is 4.93. The van der Waals surface area contributed by atoms with Crippen molar-refractivity contribution >= 4 is 17.4 Å². The second-order valence-electron chi connectivity index (χ2n) is 3.92. The van der Waals surface area contributed by atoms with Crippen molar-refractivity contribution in [3.8, 4) is 0 Å². The molecule has 0 saturated heterocycles. The summed E-state index contributed by atoms with van der Waals surface area (Å²) in [5.41, 5.74) is 1.06. The smallest absolute Gasteiger partial charge is 0.124 e. The Morgan fingerprint density at radius 3 is 3.00 bits per heavy atom. The first kappa shape index (κ1) is 9.84. The fraction of sp³-hybridized carbons (Fsp3) is 0.455.